The number of hydrogen-bond acceptors (Lipinski definition) is 3. The summed E-state index contributed by atoms with van der Waals surface area (Å²) in [5, 5.41) is 8.99. The summed E-state index contributed by atoms with van der Waals surface area (Å²) >= 11 is 0. The standard InChI is InChI=1S/C19H15N3O/c1-19(11-6-12-20)14-8-3-2-7-13(14)17-21-15-9-4-5-10-16(15)22(17)18(19)23/h2-5,7-10H,6,11H2,1H3. The summed E-state index contributed by atoms with van der Waals surface area (Å²) in [6, 6.07) is 17.7. The van der Waals surface area contributed by atoms with Gasteiger partial charge in [-0.05, 0) is 31.0 Å². The van der Waals surface area contributed by atoms with Crippen LogP contribution in [0.3, 0.4) is 0 Å². The zero-order valence-corrected chi connectivity index (χ0v) is 12.8. The second-order valence-corrected chi connectivity index (χ2v) is 6.10. The van der Waals surface area contributed by atoms with Gasteiger partial charge in [-0.1, -0.05) is 36.4 Å². The Bertz CT molecular complexity index is 980. The first-order valence-electron chi connectivity index (χ1n) is 7.66. The van der Waals surface area contributed by atoms with Crippen LogP contribution in [0.25, 0.3) is 22.4 Å². The van der Waals surface area contributed by atoms with E-state index in [1.807, 2.05) is 55.5 Å². The summed E-state index contributed by atoms with van der Waals surface area (Å²) < 4.78 is 1.72. The van der Waals surface area contributed by atoms with Gasteiger partial charge in [0, 0.05) is 12.0 Å². The molecule has 0 saturated heterocycles. The van der Waals surface area contributed by atoms with Gasteiger partial charge in [-0.15, -0.1) is 0 Å². The Balaban J connectivity index is 2.07. The van der Waals surface area contributed by atoms with Crippen molar-refractivity contribution in [1.82, 2.24) is 9.55 Å². The molecular formula is C19H15N3O. The van der Waals surface area contributed by atoms with E-state index in [9.17, 15) is 4.79 Å². The van der Waals surface area contributed by atoms with Crippen molar-refractivity contribution in [3.63, 3.8) is 0 Å². The van der Waals surface area contributed by atoms with E-state index in [1.165, 1.54) is 0 Å². The number of aromatic nitrogens is 2. The largest absolute Gasteiger partial charge is 0.273 e. The highest BCUT2D eigenvalue weighted by molar-refractivity contribution is 6.04. The zero-order valence-electron chi connectivity index (χ0n) is 12.8. The maximum atomic E-state index is 13.3. The van der Waals surface area contributed by atoms with Crippen molar-refractivity contribution in [3.8, 4) is 17.5 Å². The number of nitriles is 1. The molecule has 2 heterocycles. The Morgan fingerprint density at radius 2 is 1.91 bits per heavy atom. The molecule has 3 aromatic rings. The van der Waals surface area contributed by atoms with Crippen LogP contribution in [0, 0.1) is 11.3 Å². The molecule has 0 amide bonds. The summed E-state index contributed by atoms with van der Waals surface area (Å²) in [6.07, 6.45) is 0.851. The number of imidazole rings is 1. The Kier molecular flexibility index (Phi) is 2.85. The molecule has 1 atom stereocenters. The number of nitrogens with zero attached hydrogens (tertiary/aromatic N) is 3. The highest BCUT2D eigenvalue weighted by atomic mass is 16.2. The molecule has 4 heteroatoms. The van der Waals surface area contributed by atoms with E-state index >= 15 is 0 Å². The van der Waals surface area contributed by atoms with Gasteiger partial charge in [0.1, 0.15) is 5.82 Å². The predicted octanol–water partition coefficient (Wildman–Crippen LogP) is 3.92. The molecule has 1 aromatic heterocycles. The lowest BCUT2D eigenvalue weighted by Gasteiger charge is -2.34. The lowest BCUT2D eigenvalue weighted by molar-refractivity contribution is 0.0802. The van der Waals surface area contributed by atoms with Crippen LogP contribution in [0.2, 0.25) is 0 Å². The lowest BCUT2D eigenvalue weighted by atomic mass is 9.73. The average molecular weight is 301 g/mol. The molecule has 112 valence electrons. The third kappa shape index (κ3) is 1.77. The fourth-order valence-electron chi connectivity index (χ4n) is 3.48. The summed E-state index contributed by atoms with van der Waals surface area (Å²) in [4.78, 5) is 18.0. The van der Waals surface area contributed by atoms with Gasteiger partial charge in [-0.2, -0.15) is 5.26 Å². The second kappa shape index (κ2) is 4.79. The predicted molar refractivity (Wildman–Crippen MR) is 88.0 cm³/mol. The molecule has 1 aliphatic rings. The van der Waals surface area contributed by atoms with Crippen molar-refractivity contribution in [1.29, 1.82) is 5.26 Å². The maximum absolute atomic E-state index is 13.3. The Morgan fingerprint density at radius 1 is 1.17 bits per heavy atom. The van der Waals surface area contributed by atoms with Gasteiger partial charge in [-0.3, -0.25) is 9.36 Å². The Labute approximate surface area is 134 Å². The van der Waals surface area contributed by atoms with E-state index in [1.54, 1.807) is 4.57 Å². The monoisotopic (exact) mass is 301 g/mol. The average Bonchev–Trinajstić information content (AvgIpc) is 2.98. The van der Waals surface area contributed by atoms with Gasteiger partial charge in [0.25, 0.3) is 0 Å². The molecule has 0 spiro atoms. The number of rotatable bonds is 2. The molecule has 4 nitrogen and oxygen atoms in total. The SMILES string of the molecule is CC1(CCC#N)C(=O)n2c(nc3ccccc32)-c2ccccc21. The molecule has 0 fully saturated rings. The van der Waals surface area contributed by atoms with Crippen molar-refractivity contribution in [2.75, 3.05) is 0 Å². The maximum Gasteiger partial charge on any atom is 0.243 e. The molecule has 2 aromatic carbocycles. The molecule has 0 N–H and O–H groups in total. The normalized spacial score (nSPS) is 19.2. The van der Waals surface area contributed by atoms with E-state index in [2.05, 4.69) is 11.1 Å². The van der Waals surface area contributed by atoms with E-state index < -0.39 is 5.41 Å². The van der Waals surface area contributed by atoms with Crippen LogP contribution < -0.4 is 0 Å². The summed E-state index contributed by atoms with van der Waals surface area (Å²) in [5.41, 5.74) is 2.87. The molecule has 1 aliphatic heterocycles. The van der Waals surface area contributed by atoms with Gasteiger partial charge in [0.15, 0.2) is 0 Å². The first-order chi connectivity index (χ1) is 11.2. The second-order valence-electron chi connectivity index (χ2n) is 6.10. The number of carbonyl (C=O) groups is 1. The van der Waals surface area contributed by atoms with Crippen LogP contribution in [0.1, 0.15) is 30.1 Å². The highest BCUT2D eigenvalue weighted by Gasteiger charge is 2.43. The molecule has 0 saturated carbocycles. The Hall–Kier alpha value is -2.93. The van der Waals surface area contributed by atoms with E-state index in [0.29, 0.717) is 18.7 Å². The lowest BCUT2D eigenvalue weighted by Crippen LogP contribution is -2.40. The first kappa shape index (κ1) is 13.7. The molecule has 1 unspecified atom stereocenters. The van der Waals surface area contributed by atoms with Crippen molar-refractivity contribution >= 4 is 16.9 Å². The number of fused-ring (bicyclic) bond motifs is 5. The van der Waals surface area contributed by atoms with Crippen molar-refractivity contribution in [3.05, 3.63) is 54.1 Å². The van der Waals surface area contributed by atoms with Crippen LogP contribution in [0.5, 0.6) is 0 Å². The quantitative estimate of drug-likeness (QED) is 0.721. The highest BCUT2D eigenvalue weighted by Crippen LogP contribution is 2.43. The number of carbonyl (C=O) groups excluding carboxylic acids is 1. The number of para-hydroxylation sites is 2. The molecule has 23 heavy (non-hydrogen) atoms. The van der Waals surface area contributed by atoms with Gasteiger partial charge in [0.05, 0.1) is 22.5 Å². The summed E-state index contributed by atoms with van der Waals surface area (Å²) in [7, 11) is 0. The van der Waals surface area contributed by atoms with Gasteiger partial charge in [0.2, 0.25) is 5.91 Å². The van der Waals surface area contributed by atoms with Gasteiger partial charge in [-0.25, -0.2) is 4.98 Å². The number of hydrogen-bond donors (Lipinski definition) is 0. The van der Waals surface area contributed by atoms with Gasteiger partial charge >= 0.3 is 0 Å². The van der Waals surface area contributed by atoms with Crippen LogP contribution in [0.15, 0.2) is 48.5 Å². The third-order valence-electron chi connectivity index (χ3n) is 4.74. The van der Waals surface area contributed by atoms with Crippen LogP contribution in [-0.4, -0.2) is 15.5 Å². The molecule has 0 bridgehead atoms. The fraction of sp³-hybridized carbons (Fsp3) is 0.211. The van der Waals surface area contributed by atoms with Gasteiger partial charge < -0.3 is 0 Å². The molecule has 0 radical (unpaired) electrons. The van der Waals surface area contributed by atoms with Crippen molar-refractivity contribution in [2.24, 2.45) is 0 Å². The topological polar surface area (TPSA) is 58.7 Å². The van der Waals surface area contributed by atoms with Crippen LogP contribution in [0.4, 0.5) is 0 Å². The molecule has 0 aliphatic carbocycles. The fourth-order valence-corrected chi connectivity index (χ4v) is 3.48. The number of benzene rings is 2. The van der Waals surface area contributed by atoms with Crippen molar-refractivity contribution < 1.29 is 4.79 Å². The first-order valence-corrected chi connectivity index (χ1v) is 7.66. The van der Waals surface area contributed by atoms with Crippen LogP contribution >= 0.6 is 0 Å². The van der Waals surface area contributed by atoms with E-state index in [0.717, 1.165) is 22.2 Å². The summed E-state index contributed by atoms with van der Waals surface area (Å²) in [5.74, 6) is 0.691. The van der Waals surface area contributed by atoms with E-state index in [-0.39, 0.29) is 5.91 Å². The minimum absolute atomic E-state index is 0.00449. The summed E-state index contributed by atoms with van der Waals surface area (Å²) in [6.45, 7) is 1.93. The van der Waals surface area contributed by atoms with Crippen LogP contribution in [-0.2, 0) is 5.41 Å². The minimum Gasteiger partial charge on any atom is -0.273 e. The van der Waals surface area contributed by atoms with E-state index in [4.69, 9.17) is 5.26 Å². The smallest absolute Gasteiger partial charge is 0.243 e. The minimum atomic E-state index is -0.706. The third-order valence-corrected chi connectivity index (χ3v) is 4.74. The molecular weight excluding hydrogens is 286 g/mol. The Morgan fingerprint density at radius 3 is 2.74 bits per heavy atom. The molecule has 4 rings (SSSR count). The zero-order chi connectivity index (χ0) is 16.0. The van der Waals surface area contributed by atoms with Crippen molar-refractivity contribution in [2.45, 2.75) is 25.2 Å².